The Morgan fingerprint density at radius 3 is 2.89 bits per heavy atom. The highest BCUT2D eigenvalue weighted by Gasteiger charge is 2.17. The molecular formula is C13H12FN3OS. The number of nitrogens with one attached hydrogen (secondary N) is 1. The van der Waals surface area contributed by atoms with Crippen molar-refractivity contribution in [3.63, 3.8) is 0 Å². The van der Waals surface area contributed by atoms with Crippen LogP contribution in [0, 0.1) is 5.95 Å². The smallest absolute Gasteiger partial charge is 0.276 e. The quantitative estimate of drug-likeness (QED) is 0.859. The number of pyridine rings is 1. The van der Waals surface area contributed by atoms with Crippen molar-refractivity contribution in [2.45, 2.75) is 25.7 Å². The zero-order valence-corrected chi connectivity index (χ0v) is 11.0. The van der Waals surface area contributed by atoms with Crippen molar-refractivity contribution in [3.8, 4) is 0 Å². The van der Waals surface area contributed by atoms with Crippen LogP contribution in [0.1, 0.15) is 33.9 Å². The lowest BCUT2D eigenvalue weighted by molar-refractivity contribution is 0.102. The van der Waals surface area contributed by atoms with Crippen molar-refractivity contribution in [2.24, 2.45) is 0 Å². The summed E-state index contributed by atoms with van der Waals surface area (Å²) in [5.41, 5.74) is 1.15. The van der Waals surface area contributed by atoms with Crippen molar-refractivity contribution in [2.75, 3.05) is 5.32 Å². The standard InChI is InChI=1S/C13H12FN3OS/c14-11-7-3-5-9(15-11)12(18)17-13-16-8-4-1-2-6-10(8)19-13/h3,5,7H,1-2,4,6H2,(H,16,17,18). The van der Waals surface area contributed by atoms with Crippen LogP contribution in [-0.4, -0.2) is 15.9 Å². The molecule has 98 valence electrons. The van der Waals surface area contributed by atoms with Crippen molar-refractivity contribution in [1.82, 2.24) is 9.97 Å². The van der Waals surface area contributed by atoms with Crippen molar-refractivity contribution >= 4 is 22.4 Å². The second-order valence-corrected chi connectivity index (χ2v) is 5.48. The molecule has 0 atom stereocenters. The van der Waals surface area contributed by atoms with E-state index >= 15 is 0 Å². The first-order valence-corrected chi connectivity index (χ1v) is 6.96. The summed E-state index contributed by atoms with van der Waals surface area (Å²) in [5.74, 6) is -1.09. The Hall–Kier alpha value is -1.82. The molecule has 0 saturated carbocycles. The lowest BCUT2D eigenvalue weighted by Gasteiger charge is -2.06. The van der Waals surface area contributed by atoms with E-state index < -0.39 is 11.9 Å². The molecule has 0 fully saturated rings. The number of nitrogens with zero attached hydrogens (tertiary/aromatic N) is 2. The molecule has 0 bridgehead atoms. The first kappa shape index (κ1) is 12.2. The molecule has 0 unspecified atom stereocenters. The molecule has 2 aromatic rings. The second kappa shape index (κ2) is 5.05. The zero-order valence-electron chi connectivity index (χ0n) is 10.1. The summed E-state index contributed by atoms with van der Waals surface area (Å²) < 4.78 is 12.9. The summed E-state index contributed by atoms with van der Waals surface area (Å²) in [5, 5.41) is 3.25. The summed E-state index contributed by atoms with van der Waals surface area (Å²) in [6.07, 6.45) is 4.32. The number of aryl methyl sites for hydroxylation is 2. The average Bonchev–Trinajstić information content (AvgIpc) is 2.80. The Morgan fingerprint density at radius 1 is 1.26 bits per heavy atom. The predicted molar refractivity (Wildman–Crippen MR) is 70.9 cm³/mol. The van der Waals surface area contributed by atoms with Gasteiger partial charge in [-0.3, -0.25) is 10.1 Å². The maximum atomic E-state index is 12.9. The third-order valence-electron chi connectivity index (χ3n) is 3.01. The van der Waals surface area contributed by atoms with Gasteiger partial charge < -0.3 is 0 Å². The van der Waals surface area contributed by atoms with Gasteiger partial charge >= 0.3 is 0 Å². The first-order valence-electron chi connectivity index (χ1n) is 6.15. The van der Waals surface area contributed by atoms with E-state index in [0.717, 1.165) is 25.0 Å². The van der Waals surface area contributed by atoms with Gasteiger partial charge in [-0.15, -0.1) is 11.3 Å². The molecule has 0 saturated heterocycles. The number of carbonyl (C=O) groups is 1. The molecule has 19 heavy (non-hydrogen) atoms. The largest absolute Gasteiger partial charge is 0.296 e. The molecule has 4 nitrogen and oxygen atoms in total. The van der Waals surface area contributed by atoms with Crippen LogP contribution in [0.25, 0.3) is 0 Å². The van der Waals surface area contributed by atoms with Gasteiger partial charge in [-0.2, -0.15) is 4.39 Å². The number of thiazole rings is 1. The highest BCUT2D eigenvalue weighted by atomic mass is 32.1. The number of amides is 1. The highest BCUT2D eigenvalue weighted by Crippen LogP contribution is 2.29. The molecule has 0 spiro atoms. The Labute approximate surface area is 113 Å². The molecule has 1 amide bonds. The molecule has 0 aliphatic heterocycles. The number of carbonyl (C=O) groups excluding carboxylic acids is 1. The van der Waals surface area contributed by atoms with Crippen LogP contribution in [0.5, 0.6) is 0 Å². The van der Waals surface area contributed by atoms with Gasteiger partial charge in [-0.1, -0.05) is 6.07 Å². The van der Waals surface area contributed by atoms with Crippen LogP contribution in [-0.2, 0) is 12.8 Å². The fourth-order valence-electron chi connectivity index (χ4n) is 2.10. The van der Waals surface area contributed by atoms with Gasteiger partial charge in [0.1, 0.15) is 5.69 Å². The van der Waals surface area contributed by atoms with Gasteiger partial charge in [0.15, 0.2) is 5.13 Å². The third-order valence-corrected chi connectivity index (χ3v) is 4.09. The van der Waals surface area contributed by atoms with E-state index in [1.54, 1.807) is 0 Å². The number of rotatable bonds is 2. The average molecular weight is 277 g/mol. The molecule has 0 aromatic carbocycles. The third kappa shape index (κ3) is 2.63. The van der Waals surface area contributed by atoms with Gasteiger partial charge in [0.05, 0.1) is 5.69 Å². The number of halogens is 1. The fourth-order valence-corrected chi connectivity index (χ4v) is 3.15. The van der Waals surface area contributed by atoms with Gasteiger partial charge in [0, 0.05) is 4.88 Å². The molecule has 1 N–H and O–H groups in total. The number of hydrogen-bond acceptors (Lipinski definition) is 4. The number of anilines is 1. The van der Waals surface area contributed by atoms with E-state index in [1.165, 1.54) is 40.8 Å². The second-order valence-electron chi connectivity index (χ2n) is 4.40. The molecule has 0 radical (unpaired) electrons. The fraction of sp³-hybridized carbons (Fsp3) is 0.308. The van der Waals surface area contributed by atoms with Gasteiger partial charge in [0.2, 0.25) is 5.95 Å². The lowest BCUT2D eigenvalue weighted by atomic mass is 10.0. The number of aromatic nitrogens is 2. The minimum Gasteiger partial charge on any atom is -0.296 e. The van der Waals surface area contributed by atoms with Gasteiger partial charge in [-0.05, 0) is 37.8 Å². The van der Waals surface area contributed by atoms with Gasteiger partial charge in [-0.25, -0.2) is 9.97 Å². The molecular weight excluding hydrogens is 265 g/mol. The SMILES string of the molecule is O=C(Nc1nc2c(s1)CCCC2)c1cccc(F)n1. The van der Waals surface area contributed by atoms with Crippen LogP contribution in [0.2, 0.25) is 0 Å². The summed E-state index contributed by atoms with van der Waals surface area (Å²) in [4.78, 5) is 21.1. The molecule has 2 aromatic heterocycles. The Balaban J connectivity index is 1.77. The van der Waals surface area contributed by atoms with E-state index in [9.17, 15) is 9.18 Å². The van der Waals surface area contributed by atoms with E-state index in [4.69, 9.17) is 0 Å². The summed E-state index contributed by atoms with van der Waals surface area (Å²) in [6.45, 7) is 0. The Kier molecular flexibility index (Phi) is 3.25. The van der Waals surface area contributed by atoms with Crippen LogP contribution in [0.4, 0.5) is 9.52 Å². The summed E-state index contributed by atoms with van der Waals surface area (Å²) in [7, 11) is 0. The highest BCUT2D eigenvalue weighted by molar-refractivity contribution is 7.15. The molecule has 2 heterocycles. The maximum Gasteiger partial charge on any atom is 0.276 e. The monoisotopic (exact) mass is 277 g/mol. The zero-order chi connectivity index (χ0) is 13.2. The van der Waals surface area contributed by atoms with E-state index in [2.05, 4.69) is 15.3 Å². The predicted octanol–water partition coefficient (Wildman–Crippen LogP) is 2.81. The molecule has 6 heteroatoms. The summed E-state index contributed by atoms with van der Waals surface area (Å²) >= 11 is 1.50. The lowest BCUT2D eigenvalue weighted by Crippen LogP contribution is -2.14. The number of hydrogen-bond donors (Lipinski definition) is 1. The minimum atomic E-state index is -0.661. The van der Waals surface area contributed by atoms with Crippen LogP contribution in [0.15, 0.2) is 18.2 Å². The molecule has 1 aliphatic rings. The van der Waals surface area contributed by atoms with Crippen LogP contribution in [0.3, 0.4) is 0 Å². The van der Waals surface area contributed by atoms with E-state index in [1.807, 2.05) is 0 Å². The van der Waals surface area contributed by atoms with Crippen molar-refractivity contribution < 1.29 is 9.18 Å². The topological polar surface area (TPSA) is 54.9 Å². The van der Waals surface area contributed by atoms with E-state index in [0.29, 0.717) is 5.13 Å². The Morgan fingerprint density at radius 2 is 2.11 bits per heavy atom. The van der Waals surface area contributed by atoms with Crippen LogP contribution < -0.4 is 5.32 Å². The summed E-state index contributed by atoms with van der Waals surface area (Å²) in [6, 6.07) is 4.15. The van der Waals surface area contributed by atoms with Gasteiger partial charge in [0.25, 0.3) is 5.91 Å². The van der Waals surface area contributed by atoms with Crippen molar-refractivity contribution in [3.05, 3.63) is 40.4 Å². The van der Waals surface area contributed by atoms with E-state index in [-0.39, 0.29) is 5.69 Å². The van der Waals surface area contributed by atoms with Crippen molar-refractivity contribution in [1.29, 1.82) is 0 Å². The number of fused-ring (bicyclic) bond motifs is 1. The molecule has 1 aliphatic carbocycles. The minimum absolute atomic E-state index is 0.0631. The van der Waals surface area contributed by atoms with Crippen LogP contribution >= 0.6 is 11.3 Å². The maximum absolute atomic E-state index is 12.9. The first-order chi connectivity index (χ1) is 9.22. The normalized spacial score (nSPS) is 13.9. The Bertz CT molecular complexity index is 603. The molecule has 3 rings (SSSR count).